The largest absolute Gasteiger partial charge is 0.326 e. The van der Waals surface area contributed by atoms with Crippen LogP contribution < -0.4 is 11.3 Å². The van der Waals surface area contributed by atoms with Gasteiger partial charge in [0.15, 0.2) is 0 Å². The topological polar surface area (TPSA) is 68.8 Å². The summed E-state index contributed by atoms with van der Waals surface area (Å²) in [5.41, 5.74) is 3.65. The summed E-state index contributed by atoms with van der Waals surface area (Å²) in [5, 5.41) is 2.05. The Morgan fingerprint density at radius 1 is 1.21 bits per heavy atom. The van der Waals surface area contributed by atoms with E-state index < -0.39 is 0 Å². The van der Waals surface area contributed by atoms with Crippen LogP contribution in [0.5, 0.6) is 0 Å². The molecule has 0 radical (unpaired) electrons. The highest BCUT2D eigenvalue weighted by molar-refractivity contribution is 7.13. The molecule has 96 valence electrons. The van der Waals surface area contributed by atoms with Gasteiger partial charge < -0.3 is 9.99 Å². The van der Waals surface area contributed by atoms with Crippen molar-refractivity contribution in [3.05, 3.63) is 53.8 Å². The quantitative estimate of drug-likeness (QED) is 0.564. The van der Waals surface area contributed by atoms with Crippen molar-refractivity contribution in [2.24, 2.45) is 5.84 Å². The molecule has 5 nitrogen and oxygen atoms in total. The standard InChI is InChI=1S/C13H13N5S/c14-17-12-10(3-1-5-15-12)9-18-7-6-16-13(18)11-4-2-8-19-11/h1-8H,9,14H2,(H,15,17). The summed E-state index contributed by atoms with van der Waals surface area (Å²) >= 11 is 1.68. The van der Waals surface area contributed by atoms with Crippen LogP contribution in [-0.4, -0.2) is 14.5 Å². The van der Waals surface area contributed by atoms with Gasteiger partial charge in [0, 0.05) is 24.2 Å². The minimum Gasteiger partial charge on any atom is -0.326 e. The van der Waals surface area contributed by atoms with Crippen molar-refractivity contribution in [3.8, 4) is 10.7 Å². The highest BCUT2D eigenvalue weighted by Crippen LogP contribution is 2.24. The molecule has 0 aromatic carbocycles. The Morgan fingerprint density at radius 2 is 2.16 bits per heavy atom. The number of aromatic nitrogens is 3. The van der Waals surface area contributed by atoms with Crippen molar-refractivity contribution in [2.75, 3.05) is 5.43 Å². The summed E-state index contributed by atoms with van der Waals surface area (Å²) in [7, 11) is 0. The lowest BCUT2D eigenvalue weighted by Crippen LogP contribution is -2.12. The molecule has 0 aliphatic heterocycles. The number of hydrogen-bond donors (Lipinski definition) is 2. The first-order valence-electron chi connectivity index (χ1n) is 5.84. The number of nitrogens with two attached hydrogens (primary N) is 1. The molecule has 0 unspecified atom stereocenters. The minimum absolute atomic E-state index is 0.681. The Hall–Kier alpha value is -2.18. The molecule has 0 saturated heterocycles. The number of nitrogen functional groups attached to an aromatic ring is 1. The lowest BCUT2D eigenvalue weighted by atomic mass is 10.2. The number of hydrazine groups is 1. The fraction of sp³-hybridized carbons (Fsp3) is 0.0769. The summed E-state index contributed by atoms with van der Waals surface area (Å²) in [4.78, 5) is 9.76. The van der Waals surface area contributed by atoms with E-state index in [2.05, 4.69) is 26.0 Å². The highest BCUT2D eigenvalue weighted by atomic mass is 32.1. The SMILES string of the molecule is NNc1ncccc1Cn1ccnc1-c1cccs1. The molecule has 0 amide bonds. The van der Waals surface area contributed by atoms with Crippen LogP contribution in [0.1, 0.15) is 5.56 Å². The third-order valence-electron chi connectivity index (χ3n) is 2.83. The van der Waals surface area contributed by atoms with Crippen LogP contribution in [-0.2, 0) is 6.54 Å². The molecule has 0 atom stereocenters. The lowest BCUT2D eigenvalue weighted by Gasteiger charge is -2.10. The number of imidazole rings is 1. The average Bonchev–Trinajstić information content (AvgIpc) is 3.09. The molecule has 3 aromatic rings. The summed E-state index contributed by atoms with van der Waals surface area (Å²) in [6, 6.07) is 7.99. The number of pyridine rings is 1. The number of nitrogens with zero attached hydrogens (tertiary/aromatic N) is 3. The predicted molar refractivity (Wildman–Crippen MR) is 76.7 cm³/mol. The minimum atomic E-state index is 0.681. The number of hydrogen-bond acceptors (Lipinski definition) is 5. The number of thiophene rings is 1. The van der Waals surface area contributed by atoms with Gasteiger partial charge in [0.25, 0.3) is 0 Å². The molecule has 3 N–H and O–H groups in total. The zero-order valence-electron chi connectivity index (χ0n) is 10.2. The maximum atomic E-state index is 5.48. The van der Waals surface area contributed by atoms with E-state index in [9.17, 15) is 0 Å². The van der Waals surface area contributed by atoms with E-state index in [4.69, 9.17) is 5.84 Å². The van der Waals surface area contributed by atoms with Gasteiger partial charge in [-0.2, -0.15) is 0 Å². The molecule has 0 aliphatic rings. The van der Waals surface area contributed by atoms with Crippen LogP contribution in [0.2, 0.25) is 0 Å². The van der Waals surface area contributed by atoms with Gasteiger partial charge in [-0.05, 0) is 17.5 Å². The van der Waals surface area contributed by atoms with Crippen LogP contribution in [0.3, 0.4) is 0 Å². The van der Waals surface area contributed by atoms with Gasteiger partial charge in [-0.3, -0.25) is 0 Å². The molecular weight excluding hydrogens is 258 g/mol. The Labute approximate surface area is 114 Å². The van der Waals surface area contributed by atoms with Crippen molar-refractivity contribution >= 4 is 17.2 Å². The summed E-state index contributed by atoms with van der Waals surface area (Å²) < 4.78 is 2.09. The zero-order valence-corrected chi connectivity index (χ0v) is 11.0. The molecule has 0 spiro atoms. The summed E-state index contributed by atoms with van der Waals surface area (Å²) in [5.74, 6) is 7.13. The molecule has 19 heavy (non-hydrogen) atoms. The van der Waals surface area contributed by atoms with E-state index in [-0.39, 0.29) is 0 Å². The van der Waals surface area contributed by atoms with E-state index in [1.54, 1.807) is 23.7 Å². The van der Waals surface area contributed by atoms with E-state index >= 15 is 0 Å². The van der Waals surface area contributed by atoms with Crippen LogP contribution in [0.4, 0.5) is 5.82 Å². The van der Waals surface area contributed by atoms with Crippen molar-refractivity contribution in [1.82, 2.24) is 14.5 Å². The Morgan fingerprint density at radius 3 is 2.95 bits per heavy atom. The van der Waals surface area contributed by atoms with Crippen LogP contribution in [0.15, 0.2) is 48.2 Å². The van der Waals surface area contributed by atoms with Gasteiger partial charge in [0.05, 0.1) is 11.4 Å². The molecule has 6 heteroatoms. The van der Waals surface area contributed by atoms with Gasteiger partial charge in [-0.25, -0.2) is 15.8 Å². The van der Waals surface area contributed by atoms with Crippen molar-refractivity contribution < 1.29 is 0 Å². The molecule has 3 heterocycles. The Kier molecular flexibility index (Phi) is 3.26. The summed E-state index contributed by atoms with van der Waals surface area (Å²) in [6.45, 7) is 0.681. The average molecular weight is 271 g/mol. The lowest BCUT2D eigenvalue weighted by molar-refractivity contribution is 0.805. The van der Waals surface area contributed by atoms with Gasteiger partial charge in [0.2, 0.25) is 0 Å². The molecule has 0 aliphatic carbocycles. The van der Waals surface area contributed by atoms with Crippen LogP contribution >= 0.6 is 11.3 Å². The number of rotatable bonds is 4. The van der Waals surface area contributed by atoms with Crippen molar-refractivity contribution in [1.29, 1.82) is 0 Å². The molecule has 0 saturated carbocycles. The predicted octanol–water partition coefficient (Wildman–Crippen LogP) is 2.34. The Bertz CT molecular complexity index is 659. The van der Waals surface area contributed by atoms with Crippen molar-refractivity contribution in [2.45, 2.75) is 6.54 Å². The first-order valence-corrected chi connectivity index (χ1v) is 6.72. The van der Waals surface area contributed by atoms with E-state index in [1.165, 1.54) is 0 Å². The van der Waals surface area contributed by atoms with Crippen LogP contribution in [0.25, 0.3) is 10.7 Å². The second-order valence-corrected chi connectivity index (χ2v) is 4.96. The van der Waals surface area contributed by atoms with Gasteiger partial charge in [-0.1, -0.05) is 12.1 Å². The molecule has 3 rings (SSSR count). The highest BCUT2D eigenvalue weighted by Gasteiger charge is 2.09. The maximum Gasteiger partial charge on any atom is 0.150 e. The van der Waals surface area contributed by atoms with Gasteiger partial charge in [0.1, 0.15) is 11.6 Å². The first-order chi connectivity index (χ1) is 9.38. The fourth-order valence-corrected chi connectivity index (χ4v) is 2.68. The number of nitrogens with one attached hydrogen (secondary N) is 1. The van der Waals surface area contributed by atoms with Crippen LogP contribution in [0, 0.1) is 0 Å². The van der Waals surface area contributed by atoms with Crippen molar-refractivity contribution in [3.63, 3.8) is 0 Å². The second-order valence-electron chi connectivity index (χ2n) is 4.01. The van der Waals surface area contributed by atoms with E-state index in [0.29, 0.717) is 12.4 Å². The fourth-order valence-electron chi connectivity index (χ4n) is 1.95. The molecular formula is C13H13N5S. The zero-order chi connectivity index (χ0) is 13.1. The van der Waals surface area contributed by atoms with Gasteiger partial charge in [-0.15, -0.1) is 11.3 Å². The normalized spacial score (nSPS) is 10.6. The molecule has 3 aromatic heterocycles. The molecule has 0 fully saturated rings. The third-order valence-corrected chi connectivity index (χ3v) is 3.69. The summed E-state index contributed by atoms with van der Waals surface area (Å²) in [6.07, 6.45) is 5.48. The smallest absolute Gasteiger partial charge is 0.150 e. The Balaban J connectivity index is 1.94. The maximum absolute atomic E-state index is 5.48. The van der Waals surface area contributed by atoms with E-state index in [0.717, 1.165) is 16.3 Å². The first kappa shape index (κ1) is 11.9. The third kappa shape index (κ3) is 2.35. The monoisotopic (exact) mass is 271 g/mol. The van der Waals surface area contributed by atoms with E-state index in [1.807, 2.05) is 29.8 Å². The van der Waals surface area contributed by atoms with Gasteiger partial charge >= 0.3 is 0 Å². The number of anilines is 1. The molecule has 0 bridgehead atoms. The second kappa shape index (κ2) is 5.21.